The zero-order valence-corrected chi connectivity index (χ0v) is 12.6. The monoisotopic (exact) mass is 259 g/mol. The smallest absolute Gasteiger partial charge is 0.307 e. The average molecular weight is 259 g/mol. The normalized spacial score (nSPS) is 13.1. The van der Waals surface area contributed by atoms with Crippen molar-refractivity contribution in [3.63, 3.8) is 0 Å². The molecule has 0 aliphatic carbocycles. The van der Waals surface area contributed by atoms with Gasteiger partial charge in [-0.15, -0.1) is 0 Å². The number of nitrogens with zero attached hydrogens (tertiary/aromatic N) is 1. The molecular formula is C14H29NO3. The van der Waals surface area contributed by atoms with E-state index in [1.807, 2.05) is 6.92 Å². The van der Waals surface area contributed by atoms with E-state index in [4.69, 9.17) is 9.47 Å². The van der Waals surface area contributed by atoms with Crippen LogP contribution in [-0.2, 0) is 14.3 Å². The molecule has 0 aromatic heterocycles. The fourth-order valence-corrected chi connectivity index (χ4v) is 2.30. The SMILES string of the molecule is CCOC(=O)CC(C)N(CCOC)C(CC)CC. The van der Waals surface area contributed by atoms with Crippen LogP contribution in [0.4, 0.5) is 0 Å². The Labute approximate surface area is 112 Å². The van der Waals surface area contributed by atoms with Crippen molar-refractivity contribution in [3.05, 3.63) is 0 Å². The minimum Gasteiger partial charge on any atom is -0.466 e. The molecule has 0 radical (unpaired) electrons. The highest BCUT2D eigenvalue weighted by Crippen LogP contribution is 2.15. The number of hydrogen-bond donors (Lipinski definition) is 0. The zero-order valence-electron chi connectivity index (χ0n) is 12.6. The molecule has 108 valence electrons. The van der Waals surface area contributed by atoms with Crippen LogP contribution in [0, 0.1) is 0 Å². The molecule has 0 rings (SSSR count). The summed E-state index contributed by atoms with van der Waals surface area (Å²) in [4.78, 5) is 13.9. The summed E-state index contributed by atoms with van der Waals surface area (Å²) in [7, 11) is 1.71. The van der Waals surface area contributed by atoms with Gasteiger partial charge in [0.2, 0.25) is 0 Å². The highest BCUT2D eigenvalue weighted by molar-refractivity contribution is 5.70. The largest absolute Gasteiger partial charge is 0.466 e. The summed E-state index contributed by atoms with van der Waals surface area (Å²) in [5.41, 5.74) is 0. The molecule has 4 heteroatoms. The fraction of sp³-hybridized carbons (Fsp3) is 0.929. The van der Waals surface area contributed by atoms with Crippen molar-refractivity contribution in [2.75, 3.05) is 26.9 Å². The molecule has 0 aliphatic heterocycles. The van der Waals surface area contributed by atoms with Crippen LogP contribution in [0.3, 0.4) is 0 Å². The summed E-state index contributed by atoms with van der Waals surface area (Å²) < 4.78 is 10.2. The first-order valence-electron chi connectivity index (χ1n) is 7.00. The number of rotatable bonds is 10. The number of ether oxygens (including phenoxy) is 2. The predicted octanol–water partition coefficient (Wildman–Crippen LogP) is 2.47. The first kappa shape index (κ1) is 17.4. The van der Waals surface area contributed by atoms with Crippen LogP contribution in [0.25, 0.3) is 0 Å². The quantitative estimate of drug-likeness (QED) is 0.565. The van der Waals surface area contributed by atoms with Gasteiger partial charge >= 0.3 is 5.97 Å². The first-order chi connectivity index (χ1) is 8.60. The van der Waals surface area contributed by atoms with E-state index in [0.29, 0.717) is 25.7 Å². The van der Waals surface area contributed by atoms with Crippen LogP contribution in [-0.4, -0.2) is 49.8 Å². The van der Waals surface area contributed by atoms with E-state index < -0.39 is 0 Å². The van der Waals surface area contributed by atoms with Crippen LogP contribution in [0.2, 0.25) is 0 Å². The van der Waals surface area contributed by atoms with Crippen LogP contribution < -0.4 is 0 Å². The van der Waals surface area contributed by atoms with Gasteiger partial charge in [-0.3, -0.25) is 9.69 Å². The van der Waals surface area contributed by atoms with Crippen LogP contribution in [0.1, 0.15) is 47.0 Å². The molecule has 0 spiro atoms. The minimum absolute atomic E-state index is 0.113. The van der Waals surface area contributed by atoms with Crippen molar-refractivity contribution < 1.29 is 14.3 Å². The molecule has 0 fully saturated rings. The Balaban J connectivity index is 4.46. The van der Waals surface area contributed by atoms with Gasteiger partial charge in [-0.1, -0.05) is 13.8 Å². The first-order valence-corrected chi connectivity index (χ1v) is 7.00. The summed E-state index contributed by atoms with van der Waals surface area (Å²) in [5.74, 6) is -0.113. The predicted molar refractivity (Wildman–Crippen MR) is 73.7 cm³/mol. The number of esters is 1. The maximum absolute atomic E-state index is 11.6. The Kier molecular flexibility index (Phi) is 9.98. The Hall–Kier alpha value is -0.610. The zero-order chi connectivity index (χ0) is 14.0. The van der Waals surface area contributed by atoms with Gasteiger partial charge in [0, 0.05) is 25.7 Å². The second-order valence-electron chi connectivity index (χ2n) is 4.56. The molecule has 4 nitrogen and oxygen atoms in total. The molecule has 0 saturated carbocycles. The Morgan fingerprint density at radius 2 is 1.83 bits per heavy atom. The molecule has 0 heterocycles. The second-order valence-corrected chi connectivity index (χ2v) is 4.56. The van der Waals surface area contributed by atoms with Crippen molar-refractivity contribution in [1.29, 1.82) is 0 Å². The topological polar surface area (TPSA) is 38.8 Å². The van der Waals surface area contributed by atoms with Gasteiger partial charge < -0.3 is 9.47 Å². The lowest BCUT2D eigenvalue weighted by atomic mass is 10.1. The molecule has 0 bridgehead atoms. The van der Waals surface area contributed by atoms with Gasteiger partial charge in [-0.05, 0) is 26.7 Å². The summed E-state index contributed by atoms with van der Waals surface area (Å²) in [5, 5.41) is 0. The third kappa shape index (κ3) is 6.36. The van der Waals surface area contributed by atoms with E-state index in [9.17, 15) is 4.79 Å². The Bertz CT molecular complexity index is 217. The van der Waals surface area contributed by atoms with E-state index in [1.165, 1.54) is 0 Å². The highest BCUT2D eigenvalue weighted by atomic mass is 16.5. The van der Waals surface area contributed by atoms with Crippen LogP contribution in [0.15, 0.2) is 0 Å². The van der Waals surface area contributed by atoms with Crippen LogP contribution in [0.5, 0.6) is 0 Å². The molecule has 0 aliphatic rings. The van der Waals surface area contributed by atoms with Crippen molar-refractivity contribution in [3.8, 4) is 0 Å². The lowest BCUT2D eigenvalue weighted by molar-refractivity contribution is -0.144. The van der Waals surface area contributed by atoms with Gasteiger partial charge in [0.25, 0.3) is 0 Å². The maximum atomic E-state index is 11.6. The Morgan fingerprint density at radius 3 is 2.28 bits per heavy atom. The standard InChI is InChI=1S/C14H29NO3/c1-6-13(7-2)15(9-10-17-5)12(4)11-14(16)18-8-3/h12-13H,6-11H2,1-5H3. The minimum atomic E-state index is -0.113. The molecule has 1 atom stereocenters. The van der Waals surface area contributed by atoms with E-state index in [0.717, 1.165) is 19.4 Å². The lowest BCUT2D eigenvalue weighted by Gasteiger charge is -2.35. The van der Waals surface area contributed by atoms with E-state index >= 15 is 0 Å². The van der Waals surface area contributed by atoms with Gasteiger partial charge in [-0.2, -0.15) is 0 Å². The molecule has 0 N–H and O–H groups in total. The third-order valence-corrected chi connectivity index (χ3v) is 3.30. The second kappa shape index (κ2) is 10.3. The maximum Gasteiger partial charge on any atom is 0.307 e. The van der Waals surface area contributed by atoms with Crippen molar-refractivity contribution in [2.45, 2.75) is 59.0 Å². The van der Waals surface area contributed by atoms with E-state index in [-0.39, 0.29) is 12.0 Å². The van der Waals surface area contributed by atoms with Gasteiger partial charge in [0.15, 0.2) is 0 Å². The molecule has 0 aromatic carbocycles. The number of hydrogen-bond acceptors (Lipinski definition) is 4. The van der Waals surface area contributed by atoms with Gasteiger partial charge in [0.1, 0.15) is 0 Å². The van der Waals surface area contributed by atoms with E-state index in [2.05, 4.69) is 25.7 Å². The number of carbonyl (C=O) groups is 1. The summed E-state index contributed by atoms with van der Waals surface area (Å²) >= 11 is 0. The summed E-state index contributed by atoms with van der Waals surface area (Å²) in [6.07, 6.45) is 2.63. The highest BCUT2D eigenvalue weighted by Gasteiger charge is 2.23. The fourth-order valence-electron chi connectivity index (χ4n) is 2.30. The molecular weight excluding hydrogens is 230 g/mol. The molecule has 18 heavy (non-hydrogen) atoms. The van der Waals surface area contributed by atoms with Crippen LogP contribution >= 0.6 is 0 Å². The molecule has 0 aromatic rings. The van der Waals surface area contributed by atoms with Gasteiger partial charge in [0.05, 0.1) is 19.6 Å². The average Bonchev–Trinajstić information content (AvgIpc) is 2.34. The van der Waals surface area contributed by atoms with Crippen molar-refractivity contribution >= 4 is 5.97 Å². The van der Waals surface area contributed by atoms with E-state index in [1.54, 1.807) is 7.11 Å². The molecule has 0 amide bonds. The van der Waals surface area contributed by atoms with Gasteiger partial charge in [-0.25, -0.2) is 0 Å². The molecule has 0 saturated heterocycles. The third-order valence-electron chi connectivity index (χ3n) is 3.30. The summed E-state index contributed by atoms with van der Waals surface area (Å²) in [6.45, 7) is 10.3. The lowest BCUT2D eigenvalue weighted by Crippen LogP contribution is -2.44. The van der Waals surface area contributed by atoms with Crippen molar-refractivity contribution in [1.82, 2.24) is 4.90 Å². The number of methoxy groups -OCH3 is 1. The molecule has 1 unspecified atom stereocenters. The number of carbonyl (C=O) groups excluding carboxylic acids is 1. The summed E-state index contributed by atoms with van der Waals surface area (Å²) in [6, 6.07) is 0.702. The van der Waals surface area contributed by atoms with Crippen molar-refractivity contribution in [2.24, 2.45) is 0 Å². The Morgan fingerprint density at radius 1 is 1.22 bits per heavy atom.